The molecule has 1 saturated heterocycles. The molecule has 1 heterocycles. The maximum absolute atomic E-state index is 10.4. The molecule has 0 aromatic carbocycles. The van der Waals surface area contributed by atoms with Gasteiger partial charge in [-0.25, -0.2) is 4.79 Å². The van der Waals surface area contributed by atoms with E-state index in [4.69, 9.17) is 15.3 Å². The molecule has 3 N–H and O–H groups in total. The molecule has 0 aromatic rings. The van der Waals surface area contributed by atoms with E-state index in [0.717, 1.165) is 0 Å². The van der Waals surface area contributed by atoms with Gasteiger partial charge in [-0.1, -0.05) is 0 Å². The van der Waals surface area contributed by atoms with Gasteiger partial charge in [0.25, 0.3) is 5.79 Å². The fourth-order valence-electron chi connectivity index (χ4n) is 1.07. The highest BCUT2D eigenvalue weighted by Crippen LogP contribution is 2.41. The van der Waals surface area contributed by atoms with Gasteiger partial charge in [0.1, 0.15) is 6.61 Å². The standard InChI is InChI=1S/C7H12O6/c1-6(2-8,3-9)7(4-10)12-5(11)13-7/h8-10H,2-4H2,1H3. The molecule has 76 valence electrons. The van der Waals surface area contributed by atoms with E-state index < -0.39 is 37.2 Å². The van der Waals surface area contributed by atoms with Crippen molar-refractivity contribution in [2.75, 3.05) is 19.8 Å². The summed E-state index contributed by atoms with van der Waals surface area (Å²) in [4.78, 5) is 10.4. The molecule has 1 aliphatic rings. The van der Waals surface area contributed by atoms with Crippen LogP contribution in [0.3, 0.4) is 0 Å². The second kappa shape index (κ2) is 3.13. The number of hydrogen-bond acceptors (Lipinski definition) is 6. The van der Waals surface area contributed by atoms with Crippen molar-refractivity contribution in [2.45, 2.75) is 12.7 Å². The molecule has 6 heteroatoms. The number of aliphatic hydroxyl groups is 3. The minimum absolute atomic E-state index is 0.461. The molecule has 0 amide bonds. The predicted molar refractivity (Wildman–Crippen MR) is 39.7 cm³/mol. The lowest BCUT2D eigenvalue weighted by Crippen LogP contribution is -2.65. The van der Waals surface area contributed by atoms with E-state index >= 15 is 0 Å². The highest BCUT2D eigenvalue weighted by molar-refractivity contribution is 5.66. The van der Waals surface area contributed by atoms with Crippen molar-refractivity contribution in [2.24, 2.45) is 5.41 Å². The van der Waals surface area contributed by atoms with Crippen LogP contribution in [0.1, 0.15) is 6.92 Å². The molecule has 0 bridgehead atoms. The number of rotatable bonds is 4. The van der Waals surface area contributed by atoms with Crippen molar-refractivity contribution in [1.82, 2.24) is 0 Å². The van der Waals surface area contributed by atoms with Gasteiger partial charge in [0, 0.05) is 0 Å². The van der Waals surface area contributed by atoms with Crippen LogP contribution in [0.4, 0.5) is 4.79 Å². The van der Waals surface area contributed by atoms with Crippen LogP contribution < -0.4 is 0 Å². The Labute approximate surface area is 74.7 Å². The first-order chi connectivity index (χ1) is 6.03. The molecule has 6 nitrogen and oxygen atoms in total. The van der Waals surface area contributed by atoms with Crippen molar-refractivity contribution >= 4 is 6.16 Å². The third-order valence-electron chi connectivity index (χ3n) is 2.32. The largest absolute Gasteiger partial charge is 0.515 e. The lowest BCUT2D eigenvalue weighted by Gasteiger charge is -2.48. The van der Waals surface area contributed by atoms with Gasteiger partial charge in [-0.3, -0.25) is 0 Å². The second-order valence-corrected chi connectivity index (χ2v) is 3.24. The van der Waals surface area contributed by atoms with Crippen LogP contribution in [0.5, 0.6) is 0 Å². The third-order valence-corrected chi connectivity index (χ3v) is 2.32. The number of ether oxygens (including phenoxy) is 2. The fraction of sp³-hybridized carbons (Fsp3) is 0.857. The van der Waals surface area contributed by atoms with Crippen LogP contribution in [0, 0.1) is 5.41 Å². The van der Waals surface area contributed by atoms with Crippen LogP contribution in [0.15, 0.2) is 0 Å². The predicted octanol–water partition coefficient (Wildman–Crippen LogP) is -1.17. The Kier molecular flexibility index (Phi) is 2.47. The van der Waals surface area contributed by atoms with Gasteiger partial charge in [0.15, 0.2) is 0 Å². The van der Waals surface area contributed by atoms with Crippen molar-refractivity contribution in [3.05, 3.63) is 0 Å². The summed E-state index contributed by atoms with van der Waals surface area (Å²) in [5.41, 5.74) is -1.20. The Morgan fingerprint density at radius 1 is 1.31 bits per heavy atom. The number of cyclic esters (lactones) is 2. The second-order valence-electron chi connectivity index (χ2n) is 3.24. The fourth-order valence-corrected chi connectivity index (χ4v) is 1.07. The Morgan fingerprint density at radius 3 is 2.00 bits per heavy atom. The SMILES string of the molecule is CC(CO)(CO)C1(CO)OC(=O)O1. The molecular weight excluding hydrogens is 180 g/mol. The first-order valence-corrected chi connectivity index (χ1v) is 3.78. The minimum Gasteiger partial charge on any atom is -0.395 e. The van der Waals surface area contributed by atoms with Crippen molar-refractivity contribution in [3.63, 3.8) is 0 Å². The van der Waals surface area contributed by atoms with E-state index in [1.165, 1.54) is 6.92 Å². The molecule has 0 unspecified atom stereocenters. The van der Waals surface area contributed by atoms with E-state index in [9.17, 15) is 4.79 Å². The zero-order valence-corrected chi connectivity index (χ0v) is 7.19. The molecule has 0 aromatic heterocycles. The summed E-state index contributed by atoms with van der Waals surface area (Å²) in [7, 11) is 0. The maximum Gasteiger partial charge on any atom is 0.515 e. The Morgan fingerprint density at radius 2 is 1.77 bits per heavy atom. The summed E-state index contributed by atoms with van der Waals surface area (Å²) < 4.78 is 9.18. The molecule has 1 rings (SSSR count). The molecule has 0 spiro atoms. The maximum atomic E-state index is 10.4. The van der Waals surface area contributed by atoms with Gasteiger partial charge in [-0.2, -0.15) is 0 Å². The van der Waals surface area contributed by atoms with E-state index in [2.05, 4.69) is 9.47 Å². The average molecular weight is 192 g/mol. The summed E-state index contributed by atoms with van der Waals surface area (Å²) in [5, 5.41) is 26.8. The van der Waals surface area contributed by atoms with E-state index in [1.54, 1.807) is 0 Å². The number of hydrogen-bond donors (Lipinski definition) is 3. The minimum atomic E-state index is -1.60. The first-order valence-electron chi connectivity index (χ1n) is 3.78. The smallest absolute Gasteiger partial charge is 0.395 e. The van der Waals surface area contributed by atoms with E-state index in [1.807, 2.05) is 0 Å². The van der Waals surface area contributed by atoms with Crippen molar-refractivity contribution in [1.29, 1.82) is 0 Å². The first kappa shape index (κ1) is 10.2. The van der Waals surface area contributed by atoms with Gasteiger partial charge in [0.05, 0.1) is 18.6 Å². The molecule has 13 heavy (non-hydrogen) atoms. The van der Waals surface area contributed by atoms with Crippen molar-refractivity contribution in [3.8, 4) is 0 Å². The Bertz CT molecular complexity index is 201. The average Bonchev–Trinajstić information content (AvgIpc) is 2.11. The van der Waals surface area contributed by atoms with Gasteiger partial charge < -0.3 is 24.8 Å². The Balaban J connectivity index is 2.82. The highest BCUT2D eigenvalue weighted by atomic mass is 16.9. The zero-order chi connectivity index (χ0) is 10.1. The molecule has 1 fully saturated rings. The summed E-state index contributed by atoms with van der Waals surface area (Å²) in [6.45, 7) is -0.0826. The molecule has 0 aliphatic carbocycles. The number of aliphatic hydroxyl groups excluding tert-OH is 3. The number of carbonyl (C=O) groups is 1. The van der Waals surface area contributed by atoms with E-state index in [0.29, 0.717) is 0 Å². The topological polar surface area (TPSA) is 96.2 Å². The van der Waals surface area contributed by atoms with Gasteiger partial charge in [-0.15, -0.1) is 0 Å². The van der Waals surface area contributed by atoms with Crippen LogP contribution >= 0.6 is 0 Å². The monoisotopic (exact) mass is 192 g/mol. The van der Waals surface area contributed by atoms with Crippen LogP contribution in [-0.4, -0.2) is 47.1 Å². The molecule has 0 radical (unpaired) electrons. The van der Waals surface area contributed by atoms with Crippen LogP contribution in [-0.2, 0) is 9.47 Å². The zero-order valence-electron chi connectivity index (χ0n) is 7.19. The summed E-state index contributed by atoms with van der Waals surface area (Å²) in [6, 6.07) is 0. The molecule has 0 saturated carbocycles. The molecule has 1 aliphatic heterocycles. The Hall–Kier alpha value is -0.850. The summed E-state index contributed by atoms with van der Waals surface area (Å²) in [5.74, 6) is -1.60. The summed E-state index contributed by atoms with van der Waals surface area (Å²) >= 11 is 0. The van der Waals surface area contributed by atoms with E-state index in [-0.39, 0.29) is 0 Å². The van der Waals surface area contributed by atoms with Crippen LogP contribution in [0.25, 0.3) is 0 Å². The highest BCUT2D eigenvalue weighted by Gasteiger charge is 2.61. The van der Waals surface area contributed by atoms with Gasteiger partial charge in [0.2, 0.25) is 0 Å². The van der Waals surface area contributed by atoms with Crippen LogP contribution in [0.2, 0.25) is 0 Å². The quantitative estimate of drug-likeness (QED) is 0.486. The third kappa shape index (κ3) is 1.27. The lowest BCUT2D eigenvalue weighted by molar-refractivity contribution is -0.347. The van der Waals surface area contributed by atoms with Crippen molar-refractivity contribution < 1.29 is 29.6 Å². The lowest BCUT2D eigenvalue weighted by atomic mass is 9.82. The number of carbonyl (C=O) groups excluding carboxylic acids is 1. The molecular formula is C7H12O6. The van der Waals surface area contributed by atoms with Gasteiger partial charge >= 0.3 is 6.16 Å². The normalized spacial score (nSPS) is 20.2. The summed E-state index contributed by atoms with van der Waals surface area (Å²) in [6.07, 6.45) is -0.915. The van der Waals surface area contributed by atoms with Gasteiger partial charge in [-0.05, 0) is 6.92 Å². The molecule has 0 atom stereocenters.